The molecular formula is C9H15ClO2. The number of cyclic esters (lactones) is 1. The zero-order chi connectivity index (χ0) is 9.57. The molecule has 0 aromatic heterocycles. The van der Waals surface area contributed by atoms with Gasteiger partial charge in [0.05, 0.1) is 0 Å². The third-order valence-corrected chi connectivity index (χ3v) is 2.90. The van der Waals surface area contributed by atoms with Crippen molar-refractivity contribution in [3.8, 4) is 0 Å². The van der Waals surface area contributed by atoms with Gasteiger partial charge in [0.1, 0.15) is 6.10 Å². The Bertz CT molecular complexity index is 207. The summed E-state index contributed by atoms with van der Waals surface area (Å²) in [6, 6.07) is 0. The lowest BCUT2D eigenvalue weighted by atomic mass is 9.76. The molecule has 0 amide bonds. The van der Waals surface area contributed by atoms with Crippen LogP contribution in [0.1, 0.15) is 34.1 Å². The molecule has 0 spiro atoms. The number of carbonyl (C=O) groups excluding carboxylic acids is 1. The number of hydrogen-bond acceptors (Lipinski definition) is 2. The average Bonchev–Trinajstić information content (AvgIpc) is 1.96. The van der Waals surface area contributed by atoms with Crippen molar-refractivity contribution in [1.29, 1.82) is 0 Å². The zero-order valence-corrected chi connectivity index (χ0v) is 8.73. The van der Waals surface area contributed by atoms with Crippen LogP contribution in [0.5, 0.6) is 0 Å². The number of ether oxygens (including phenoxy) is 1. The lowest BCUT2D eigenvalue weighted by molar-refractivity contribution is -0.192. The Morgan fingerprint density at radius 2 is 2.08 bits per heavy atom. The Kier molecular flexibility index (Phi) is 2.15. The molecule has 1 saturated heterocycles. The highest BCUT2D eigenvalue weighted by Gasteiger charge is 2.60. The zero-order valence-electron chi connectivity index (χ0n) is 7.98. The van der Waals surface area contributed by atoms with Crippen molar-refractivity contribution in [2.24, 2.45) is 5.41 Å². The fraction of sp³-hybridized carbons (Fsp3) is 0.889. The van der Waals surface area contributed by atoms with Crippen LogP contribution in [-0.2, 0) is 9.53 Å². The highest BCUT2D eigenvalue weighted by atomic mass is 35.5. The van der Waals surface area contributed by atoms with E-state index >= 15 is 0 Å². The van der Waals surface area contributed by atoms with Crippen LogP contribution in [0.25, 0.3) is 0 Å². The number of rotatable bonds is 1. The van der Waals surface area contributed by atoms with Crippen LogP contribution < -0.4 is 0 Å². The van der Waals surface area contributed by atoms with Gasteiger partial charge in [-0.05, 0) is 6.42 Å². The number of carbonyl (C=O) groups is 1. The first-order chi connectivity index (χ1) is 5.32. The Morgan fingerprint density at radius 1 is 1.58 bits per heavy atom. The van der Waals surface area contributed by atoms with Crippen LogP contribution >= 0.6 is 11.6 Å². The van der Waals surface area contributed by atoms with Crippen LogP contribution in [0.15, 0.2) is 0 Å². The van der Waals surface area contributed by atoms with Crippen molar-refractivity contribution >= 4 is 17.6 Å². The first-order valence-corrected chi connectivity index (χ1v) is 4.60. The lowest BCUT2D eigenvalue weighted by Gasteiger charge is -2.48. The van der Waals surface area contributed by atoms with E-state index in [1.165, 1.54) is 0 Å². The normalized spacial score (nSPS) is 35.8. The van der Waals surface area contributed by atoms with E-state index in [0.717, 1.165) is 0 Å². The summed E-state index contributed by atoms with van der Waals surface area (Å²) in [5.41, 5.74) is -0.0638. The monoisotopic (exact) mass is 190 g/mol. The van der Waals surface area contributed by atoms with Crippen LogP contribution in [0.3, 0.4) is 0 Å². The Hall–Kier alpha value is -0.240. The van der Waals surface area contributed by atoms with Gasteiger partial charge < -0.3 is 4.74 Å². The summed E-state index contributed by atoms with van der Waals surface area (Å²) in [4.78, 5) is 10.3. The van der Waals surface area contributed by atoms with Crippen molar-refractivity contribution in [2.75, 3.05) is 0 Å². The van der Waals surface area contributed by atoms with E-state index in [1.54, 1.807) is 0 Å². The van der Waals surface area contributed by atoms with Gasteiger partial charge >= 0.3 is 5.97 Å². The third kappa shape index (κ3) is 1.22. The minimum Gasteiger partial charge on any atom is -0.458 e. The van der Waals surface area contributed by atoms with Gasteiger partial charge in [0.25, 0.3) is 0 Å². The van der Waals surface area contributed by atoms with E-state index < -0.39 is 4.87 Å². The summed E-state index contributed by atoms with van der Waals surface area (Å²) >= 11 is 6.12. The highest BCUT2D eigenvalue weighted by Crippen LogP contribution is 2.45. The number of hydrogen-bond donors (Lipinski definition) is 0. The molecule has 1 heterocycles. The maximum Gasteiger partial charge on any atom is 0.331 e. The Labute approximate surface area is 78.2 Å². The molecule has 0 unspecified atom stereocenters. The topological polar surface area (TPSA) is 26.3 Å². The van der Waals surface area contributed by atoms with Crippen LogP contribution in [0.2, 0.25) is 0 Å². The second-order valence-electron chi connectivity index (χ2n) is 4.37. The first-order valence-electron chi connectivity index (χ1n) is 4.22. The molecule has 0 saturated carbocycles. The largest absolute Gasteiger partial charge is 0.458 e. The summed E-state index contributed by atoms with van der Waals surface area (Å²) in [7, 11) is 0. The fourth-order valence-electron chi connectivity index (χ4n) is 1.54. The quantitative estimate of drug-likeness (QED) is 0.469. The van der Waals surface area contributed by atoms with Gasteiger partial charge in [-0.3, -0.25) is 0 Å². The number of alkyl halides is 1. The van der Waals surface area contributed by atoms with Crippen molar-refractivity contribution < 1.29 is 9.53 Å². The minimum atomic E-state index is -0.766. The molecule has 0 bridgehead atoms. The van der Waals surface area contributed by atoms with Crippen molar-refractivity contribution in [3.05, 3.63) is 0 Å². The predicted octanol–water partition coefficient (Wildman–Crippen LogP) is 2.35. The van der Waals surface area contributed by atoms with E-state index in [9.17, 15) is 4.79 Å². The van der Waals surface area contributed by atoms with Gasteiger partial charge in [0.15, 0.2) is 4.87 Å². The highest BCUT2D eigenvalue weighted by molar-refractivity contribution is 6.36. The van der Waals surface area contributed by atoms with Crippen molar-refractivity contribution in [3.63, 3.8) is 0 Å². The van der Waals surface area contributed by atoms with Crippen molar-refractivity contribution in [2.45, 2.75) is 45.1 Å². The van der Waals surface area contributed by atoms with E-state index in [2.05, 4.69) is 0 Å². The van der Waals surface area contributed by atoms with Gasteiger partial charge in [-0.1, -0.05) is 27.7 Å². The number of esters is 1. The molecule has 0 radical (unpaired) electrons. The molecule has 0 N–H and O–H groups in total. The second kappa shape index (κ2) is 2.63. The third-order valence-electron chi connectivity index (χ3n) is 2.28. The molecule has 70 valence electrons. The maximum atomic E-state index is 11.1. The van der Waals surface area contributed by atoms with E-state index in [4.69, 9.17) is 16.3 Å². The SMILES string of the molecule is CC[C@]1(Cl)C(=O)O[C@@H]1C(C)(C)C. The molecule has 0 aliphatic carbocycles. The van der Waals surface area contributed by atoms with Gasteiger partial charge in [0, 0.05) is 5.41 Å². The fourth-order valence-corrected chi connectivity index (χ4v) is 1.96. The van der Waals surface area contributed by atoms with Gasteiger partial charge in [-0.2, -0.15) is 0 Å². The molecule has 12 heavy (non-hydrogen) atoms. The molecule has 0 aromatic rings. The van der Waals surface area contributed by atoms with Crippen LogP contribution in [0.4, 0.5) is 0 Å². The molecule has 2 atom stereocenters. The van der Waals surface area contributed by atoms with E-state index in [-0.39, 0.29) is 17.5 Å². The summed E-state index contributed by atoms with van der Waals surface area (Å²) in [5, 5.41) is 0. The van der Waals surface area contributed by atoms with Crippen molar-refractivity contribution in [1.82, 2.24) is 0 Å². The van der Waals surface area contributed by atoms with Gasteiger partial charge in [-0.15, -0.1) is 11.6 Å². The van der Waals surface area contributed by atoms with Crippen LogP contribution in [-0.4, -0.2) is 16.9 Å². The summed E-state index contributed by atoms with van der Waals surface area (Å²) in [5.74, 6) is -0.272. The van der Waals surface area contributed by atoms with E-state index in [0.29, 0.717) is 6.42 Å². The van der Waals surface area contributed by atoms with Gasteiger partial charge in [0.2, 0.25) is 0 Å². The van der Waals surface area contributed by atoms with Crippen LogP contribution in [0, 0.1) is 5.41 Å². The van der Waals surface area contributed by atoms with Gasteiger partial charge in [-0.25, -0.2) is 4.79 Å². The first kappa shape index (κ1) is 9.85. The molecule has 2 nitrogen and oxygen atoms in total. The molecular weight excluding hydrogens is 176 g/mol. The molecule has 1 aliphatic rings. The molecule has 1 fully saturated rings. The predicted molar refractivity (Wildman–Crippen MR) is 48.2 cm³/mol. The summed E-state index contributed by atoms with van der Waals surface area (Å²) in [6.45, 7) is 7.98. The molecule has 3 heteroatoms. The van der Waals surface area contributed by atoms with E-state index in [1.807, 2.05) is 27.7 Å². The summed E-state index contributed by atoms with van der Waals surface area (Å²) in [6.07, 6.45) is 0.485. The number of halogens is 1. The standard InChI is InChI=1S/C9H15ClO2/c1-5-9(10)6(8(2,3)4)12-7(9)11/h6H,5H2,1-4H3/t6-,9-/m1/s1. The Balaban J connectivity index is 2.80. The Morgan fingerprint density at radius 3 is 2.25 bits per heavy atom. The maximum absolute atomic E-state index is 11.1. The lowest BCUT2D eigenvalue weighted by Crippen LogP contribution is -2.63. The second-order valence-corrected chi connectivity index (χ2v) is 5.04. The minimum absolute atomic E-state index is 0.0638. The smallest absolute Gasteiger partial charge is 0.331 e. The molecule has 1 aliphatic heterocycles. The molecule has 0 aromatic carbocycles. The summed E-state index contributed by atoms with van der Waals surface area (Å²) < 4.78 is 5.04. The molecule has 1 rings (SSSR count). The average molecular weight is 191 g/mol.